The summed E-state index contributed by atoms with van der Waals surface area (Å²) in [5, 5.41) is 0. The first-order valence-corrected chi connectivity index (χ1v) is 6.94. The van der Waals surface area contributed by atoms with Crippen LogP contribution < -0.4 is 0 Å². The highest BCUT2D eigenvalue weighted by Crippen LogP contribution is 2.14. The van der Waals surface area contributed by atoms with Crippen LogP contribution in [0.3, 0.4) is 0 Å². The zero-order valence-electron chi connectivity index (χ0n) is 10.7. The fourth-order valence-corrected chi connectivity index (χ4v) is 2.78. The maximum Gasteiger partial charge on any atom is 0.0634 e. The van der Waals surface area contributed by atoms with Crippen LogP contribution in [0.1, 0.15) is 32.6 Å². The number of morpholine rings is 1. The minimum atomic E-state index is 0.675. The highest BCUT2D eigenvalue weighted by molar-refractivity contribution is 4.84. The molecule has 0 aliphatic carbocycles. The molecule has 0 amide bonds. The topological polar surface area (TPSA) is 15.7 Å². The molecule has 2 heterocycles. The highest BCUT2D eigenvalue weighted by Gasteiger charge is 2.28. The van der Waals surface area contributed by atoms with Gasteiger partial charge in [-0.25, -0.2) is 0 Å². The summed E-state index contributed by atoms with van der Waals surface area (Å²) in [6, 6.07) is 0.675. The molecule has 0 aromatic heterocycles. The van der Waals surface area contributed by atoms with Crippen LogP contribution in [0.4, 0.5) is 0 Å². The van der Waals surface area contributed by atoms with Crippen LogP contribution in [-0.2, 0) is 4.74 Å². The van der Waals surface area contributed by atoms with Gasteiger partial charge >= 0.3 is 0 Å². The van der Waals surface area contributed by atoms with Crippen LogP contribution in [0.15, 0.2) is 0 Å². The van der Waals surface area contributed by atoms with E-state index in [-0.39, 0.29) is 0 Å². The first kappa shape index (κ1) is 12.3. The molecule has 2 aliphatic heterocycles. The second kappa shape index (κ2) is 6.58. The standard InChI is InChI=1S/C13H26N2O/c1-2-3-4-5-6-14-7-8-15-9-10-16-12-13(15)11-14/h13H,2-12H2,1H3. The van der Waals surface area contributed by atoms with Crippen molar-refractivity contribution < 1.29 is 4.74 Å². The molecule has 94 valence electrons. The molecule has 16 heavy (non-hydrogen) atoms. The maximum atomic E-state index is 5.56. The van der Waals surface area contributed by atoms with Gasteiger partial charge in [-0.15, -0.1) is 0 Å². The smallest absolute Gasteiger partial charge is 0.0634 e. The zero-order valence-corrected chi connectivity index (χ0v) is 10.7. The van der Waals surface area contributed by atoms with E-state index in [1.165, 1.54) is 51.9 Å². The van der Waals surface area contributed by atoms with Gasteiger partial charge in [0, 0.05) is 32.2 Å². The lowest BCUT2D eigenvalue weighted by atomic mass is 10.1. The molecule has 0 bridgehead atoms. The zero-order chi connectivity index (χ0) is 11.2. The molecule has 1 atom stereocenters. The average Bonchev–Trinajstić information content (AvgIpc) is 2.34. The average molecular weight is 226 g/mol. The number of ether oxygens (including phenoxy) is 1. The third-order valence-corrected chi connectivity index (χ3v) is 3.85. The van der Waals surface area contributed by atoms with Crippen LogP contribution in [0, 0.1) is 0 Å². The molecule has 0 saturated carbocycles. The Hall–Kier alpha value is -0.120. The number of rotatable bonds is 5. The van der Waals surface area contributed by atoms with Crippen molar-refractivity contribution in [1.82, 2.24) is 9.80 Å². The third-order valence-electron chi connectivity index (χ3n) is 3.85. The van der Waals surface area contributed by atoms with Gasteiger partial charge < -0.3 is 9.64 Å². The molecule has 1 unspecified atom stereocenters. The van der Waals surface area contributed by atoms with Crippen molar-refractivity contribution >= 4 is 0 Å². The molecule has 3 nitrogen and oxygen atoms in total. The maximum absolute atomic E-state index is 5.56. The Kier molecular flexibility index (Phi) is 5.07. The summed E-state index contributed by atoms with van der Waals surface area (Å²) >= 11 is 0. The van der Waals surface area contributed by atoms with Crippen molar-refractivity contribution in [1.29, 1.82) is 0 Å². The molecular weight excluding hydrogens is 200 g/mol. The van der Waals surface area contributed by atoms with E-state index in [1.807, 2.05) is 0 Å². The lowest BCUT2D eigenvalue weighted by molar-refractivity contribution is -0.0447. The Morgan fingerprint density at radius 2 is 2.06 bits per heavy atom. The van der Waals surface area contributed by atoms with Crippen molar-refractivity contribution in [2.75, 3.05) is 45.9 Å². The molecule has 2 saturated heterocycles. The first-order valence-electron chi connectivity index (χ1n) is 6.94. The number of hydrogen-bond donors (Lipinski definition) is 0. The SMILES string of the molecule is CCCCCCN1CCN2CCOCC2C1. The van der Waals surface area contributed by atoms with E-state index in [4.69, 9.17) is 4.74 Å². The minimum absolute atomic E-state index is 0.675. The van der Waals surface area contributed by atoms with Gasteiger partial charge in [0.25, 0.3) is 0 Å². The normalized spacial score (nSPS) is 27.9. The third kappa shape index (κ3) is 3.44. The fourth-order valence-electron chi connectivity index (χ4n) is 2.78. The number of unbranched alkanes of at least 4 members (excludes halogenated alkanes) is 3. The first-order chi connectivity index (χ1) is 7.90. The Labute approximate surface area is 99.7 Å². The fraction of sp³-hybridized carbons (Fsp3) is 1.00. The number of piperazine rings is 1. The van der Waals surface area contributed by atoms with Crippen molar-refractivity contribution in [3.63, 3.8) is 0 Å². The van der Waals surface area contributed by atoms with Crippen LogP contribution in [-0.4, -0.2) is 61.8 Å². The van der Waals surface area contributed by atoms with E-state index in [0.717, 1.165) is 19.8 Å². The predicted molar refractivity (Wildman–Crippen MR) is 66.8 cm³/mol. The summed E-state index contributed by atoms with van der Waals surface area (Å²) in [4.78, 5) is 5.23. The van der Waals surface area contributed by atoms with Crippen molar-refractivity contribution in [3.8, 4) is 0 Å². The number of nitrogens with zero attached hydrogens (tertiary/aromatic N) is 2. The molecule has 0 aromatic carbocycles. The van der Waals surface area contributed by atoms with Gasteiger partial charge in [-0.05, 0) is 13.0 Å². The molecule has 0 spiro atoms. The lowest BCUT2D eigenvalue weighted by Gasteiger charge is -2.43. The van der Waals surface area contributed by atoms with Gasteiger partial charge in [0.1, 0.15) is 0 Å². The summed E-state index contributed by atoms with van der Waals surface area (Å²) in [7, 11) is 0. The van der Waals surface area contributed by atoms with Crippen LogP contribution in [0.25, 0.3) is 0 Å². The summed E-state index contributed by atoms with van der Waals surface area (Å²) in [6.45, 7) is 10.4. The van der Waals surface area contributed by atoms with E-state index < -0.39 is 0 Å². The Balaban J connectivity index is 1.65. The van der Waals surface area contributed by atoms with Crippen molar-refractivity contribution in [3.05, 3.63) is 0 Å². The van der Waals surface area contributed by atoms with Crippen molar-refractivity contribution in [2.45, 2.75) is 38.6 Å². The Bertz CT molecular complexity index is 198. The molecule has 3 heteroatoms. The minimum Gasteiger partial charge on any atom is -0.378 e. The second-order valence-corrected chi connectivity index (χ2v) is 5.13. The molecular formula is C13H26N2O. The molecule has 2 aliphatic rings. The Morgan fingerprint density at radius 1 is 1.12 bits per heavy atom. The predicted octanol–water partition coefficient (Wildman–Crippen LogP) is 1.58. The monoisotopic (exact) mass is 226 g/mol. The van der Waals surface area contributed by atoms with E-state index >= 15 is 0 Å². The van der Waals surface area contributed by atoms with Gasteiger partial charge in [0.15, 0.2) is 0 Å². The van der Waals surface area contributed by atoms with Crippen LogP contribution in [0.5, 0.6) is 0 Å². The Morgan fingerprint density at radius 3 is 2.94 bits per heavy atom. The number of hydrogen-bond acceptors (Lipinski definition) is 3. The van der Waals surface area contributed by atoms with Crippen LogP contribution in [0.2, 0.25) is 0 Å². The van der Waals surface area contributed by atoms with E-state index in [1.54, 1.807) is 0 Å². The quantitative estimate of drug-likeness (QED) is 0.662. The van der Waals surface area contributed by atoms with Crippen LogP contribution >= 0.6 is 0 Å². The van der Waals surface area contributed by atoms with Gasteiger partial charge in [-0.3, -0.25) is 4.90 Å². The van der Waals surface area contributed by atoms with Gasteiger partial charge in [0.2, 0.25) is 0 Å². The van der Waals surface area contributed by atoms with E-state index in [9.17, 15) is 0 Å². The summed E-state index contributed by atoms with van der Waals surface area (Å²) < 4.78 is 5.56. The van der Waals surface area contributed by atoms with Gasteiger partial charge in [0.05, 0.1) is 13.2 Å². The molecule has 0 radical (unpaired) electrons. The van der Waals surface area contributed by atoms with Crippen molar-refractivity contribution in [2.24, 2.45) is 0 Å². The summed E-state index contributed by atoms with van der Waals surface area (Å²) in [6.07, 6.45) is 5.51. The van der Waals surface area contributed by atoms with E-state index in [0.29, 0.717) is 6.04 Å². The number of fused-ring (bicyclic) bond motifs is 1. The largest absolute Gasteiger partial charge is 0.378 e. The summed E-state index contributed by atoms with van der Waals surface area (Å²) in [5.41, 5.74) is 0. The molecule has 2 rings (SSSR count). The highest BCUT2D eigenvalue weighted by atomic mass is 16.5. The molecule has 0 aromatic rings. The van der Waals surface area contributed by atoms with Gasteiger partial charge in [-0.1, -0.05) is 26.2 Å². The molecule has 2 fully saturated rings. The summed E-state index contributed by atoms with van der Waals surface area (Å²) in [5.74, 6) is 0. The van der Waals surface area contributed by atoms with Gasteiger partial charge in [-0.2, -0.15) is 0 Å². The lowest BCUT2D eigenvalue weighted by Crippen LogP contribution is -2.58. The molecule has 0 N–H and O–H groups in total. The van der Waals surface area contributed by atoms with E-state index in [2.05, 4.69) is 16.7 Å². The second-order valence-electron chi connectivity index (χ2n) is 5.13.